The standard InChI is InChI=1S/C21H17FN4O/c22-14-5-7-15(8-6-14)27-20-9-11-23-21(25-20)26-12-10-19-17(13-26)16-3-1-2-4-18(16)24-19/h1-9,11,24H,10,12-13H2. The number of nitrogens with zero attached hydrogens (tertiary/aromatic N) is 3. The smallest absolute Gasteiger partial charge is 0.228 e. The van der Waals surface area contributed by atoms with E-state index in [9.17, 15) is 4.39 Å². The molecule has 0 spiro atoms. The monoisotopic (exact) mass is 360 g/mol. The van der Waals surface area contributed by atoms with E-state index in [1.54, 1.807) is 24.4 Å². The van der Waals surface area contributed by atoms with Crippen LogP contribution < -0.4 is 9.64 Å². The first kappa shape index (κ1) is 15.8. The molecule has 0 atom stereocenters. The zero-order valence-electron chi connectivity index (χ0n) is 14.5. The van der Waals surface area contributed by atoms with Gasteiger partial charge < -0.3 is 14.6 Å². The molecule has 3 heterocycles. The van der Waals surface area contributed by atoms with Crippen molar-refractivity contribution in [2.45, 2.75) is 13.0 Å². The van der Waals surface area contributed by atoms with Crippen LogP contribution in [-0.4, -0.2) is 21.5 Å². The fourth-order valence-electron chi connectivity index (χ4n) is 3.50. The molecule has 0 saturated heterocycles. The average Bonchev–Trinajstić information content (AvgIpc) is 3.08. The predicted molar refractivity (Wildman–Crippen MR) is 102 cm³/mol. The Balaban J connectivity index is 1.41. The Morgan fingerprint density at radius 1 is 1.04 bits per heavy atom. The maximum absolute atomic E-state index is 13.0. The number of halogens is 1. The summed E-state index contributed by atoms with van der Waals surface area (Å²) in [6, 6.07) is 15.9. The Kier molecular flexibility index (Phi) is 3.74. The van der Waals surface area contributed by atoms with Crippen LogP contribution in [0.4, 0.5) is 10.3 Å². The normalized spacial score (nSPS) is 13.6. The van der Waals surface area contributed by atoms with Crippen LogP contribution in [0.2, 0.25) is 0 Å². The summed E-state index contributed by atoms with van der Waals surface area (Å²) in [6.07, 6.45) is 2.60. The van der Waals surface area contributed by atoms with E-state index < -0.39 is 0 Å². The molecule has 4 aromatic rings. The highest BCUT2D eigenvalue weighted by Gasteiger charge is 2.22. The Morgan fingerprint density at radius 3 is 2.78 bits per heavy atom. The van der Waals surface area contributed by atoms with Crippen molar-refractivity contribution in [2.24, 2.45) is 0 Å². The number of hydrogen-bond donors (Lipinski definition) is 1. The van der Waals surface area contributed by atoms with E-state index in [4.69, 9.17) is 4.74 Å². The number of aromatic nitrogens is 3. The first-order valence-electron chi connectivity index (χ1n) is 8.86. The van der Waals surface area contributed by atoms with Crippen LogP contribution in [0.15, 0.2) is 60.8 Å². The molecule has 0 unspecified atom stereocenters. The summed E-state index contributed by atoms with van der Waals surface area (Å²) in [5.41, 5.74) is 3.75. The van der Waals surface area contributed by atoms with E-state index in [2.05, 4.69) is 38.1 Å². The number of aromatic amines is 1. The highest BCUT2D eigenvalue weighted by Crippen LogP contribution is 2.29. The van der Waals surface area contributed by atoms with Crippen molar-refractivity contribution in [2.75, 3.05) is 11.4 Å². The lowest BCUT2D eigenvalue weighted by Gasteiger charge is -2.27. The third-order valence-electron chi connectivity index (χ3n) is 4.82. The molecule has 134 valence electrons. The summed E-state index contributed by atoms with van der Waals surface area (Å²) in [6.45, 7) is 1.58. The van der Waals surface area contributed by atoms with Gasteiger partial charge in [0.25, 0.3) is 0 Å². The minimum atomic E-state index is -0.298. The molecule has 2 aromatic carbocycles. The number of ether oxygens (including phenoxy) is 1. The summed E-state index contributed by atoms with van der Waals surface area (Å²) >= 11 is 0. The third-order valence-corrected chi connectivity index (χ3v) is 4.82. The van der Waals surface area contributed by atoms with E-state index >= 15 is 0 Å². The first-order chi connectivity index (χ1) is 13.3. The minimum absolute atomic E-state index is 0.298. The molecule has 5 nitrogen and oxygen atoms in total. The number of anilines is 1. The topological polar surface area (TPSA) is 54.0 Å². The maximum atomic E-state index is 13.0. The fraction of sp³-hybridized carbons (Fsp3) is 0.143. The van der Waals surface area contributed by atoms with Crippen LogP contribution in [0, 0.1) is 5.82 Å². The minimum Gasteiger partial charge on any atom is -0.439 e. The van der Waals surface area contributed by atoms with E-state index in [1.165, 1.54) is 34.3 Å². The van der Waals surface area contributed by atoms with E-state index in [1.807, 2.05) is 6.07 Å². The highest BCUT2D eigenvalue weighted by molar-refractivity contribution is 5.85. The number of H-pyrrole nitrogens is 1. The summed E-state index contributed by atoms with van der Waals surface area (Å²) in [5, 5.41) is 1.25. The molecule has 2 aromatic heterocycles. The zero-order valence-corrected chi connectivity index (χ0v) is 14.5. The predicted octanol–water partition coefficient (Wildman–Crippen LogP) is 4.45. The number of para-hydroxylation sites is 1. The second-order valence-corrected chi connectivity index (χ2v) is 6.55. The molecule has 0 bridgehead atoms. The molecule has 0 radical (unpaired) electrons. The summed E-state index contributed by atoms with van der Waals surface area (Å²) in [4.78, 5) is 14.6. The lowest BCUT2D eigenvalue weighted by Crippen LogP contribution is -2.31. The van der Waals surface area contributed by atoms with E-state index in [0.29, 0.717) is 17.6 Å². The number of hydrogen-bond acceptors (Lipinski definition) is 4. The Labute approximate surface area is 155 Å². The van der Waals surface area contributed by atoms with Gasteiger partial charge in [0.1, 0.15) is 11.6 Å². The van der Waals surface area contributed by atoms with Crippen molar-refractivity contribution in [3.8, 4) is 11.6 Å². The Bertz CT molecular complexity index is 1110. The number of fused-ring (bicyclic) bond motifs is 3. The van der Waals surface area contributed by atoms with E-state index in [-0.39, 0.29) is 5.82 Å². The van der Waals surface area contributed by atoms with Crippen molar-refractivity contribution in [1.82, 2.24) is 15.0 Å². The second-order valence-electron chi connectivity index (χ2n) is 6.55. The molecule has 0 fully saturated rings. The molecule has 6 heteroatoms. The van der Waals surface area contributed by atoms with Crippen LogP contribution in [0.3, 0.4) is 0 Å². The van der Waals surface area contributed by atoms with Crippen molar-refractivity contribution in [1.29, 1.82) is 0 Å². The Hall–Kier alpha value is -3.41. The van der Waals surface area contributed by atoms with Gasteiger partial charge in [-0.3, -0.25) is 0 Å². The van der Waals surface area contributed by atoms with Crippen LogP contribution in [0.1, 0.15) is 11.3 Å². The first-order valence-corrected chi connectivity index (χ1v) is 8.86. The van der Waals surface area contributed by atoms with Crippen molar-refractivity contribution in [3.63, 3.8) is 0 Å². The maximum Gasteiger partial charge on any atom is 0.228 e. The molecular formula is C21H17FN4O. The second kappa shape index (κ2) is 6.39. The summed E-state index contributed by atoms with van der Waals surface area (Å²) in [7, 11) is 0. The number of nitrogens with one attached hydrogen (secondary N) is 1. The van der Waals surface area contributed by atoms with Crippen LogP contribution >= 0.6 is 0 Å². The number of rotatable bonds is 3. The summed E-state index contributed by atoms with van der Waals surface area (Å²) in [5.74, 6) is 1.31. The molecule has 0 saturated carbocycles. The van der Waals surface area contributed by atoms with Crippen LogP contribution in [0.5, 0.6) is 11.6 Å². The van der Waals surface area contributed by atoms with Gasteiger partial charge >= 0.3 is 0 Å². The van der Waals surface area contributed by atoms with Gasteiger partial charge in [-0.05, 0) is 30.3 Å². The van der Waals surface area contributed by atoms with Crippen molar-refractivity contribution >= 4 is 16.9 Å². The van der Waals surface area contributed by atoms with Gasteiger partial charge in [0.15, 0.2) is 0 Å². The summed E-state index contributed by atoms with van der Waals surface area (Å²) < 4.78 is 18.8. The van der Waals surface area contributed by atoms with Crippen molar-refractivity contribution in [3.05, 3.63) is 77.9 Å². The molecule has 0 aliphatic carbocycles. The SMILES string of the molecule is Fc1ccc(Oc2ccnc(N3CCc4[nH]c5ccccc5c4C3)n2)cc1. The largest absolute Gasteiger partial charge is 0.439 e. The van der Waals surface area contributed by atoms with Gasteiger partial charge in [-0.15, -0.1) is 0 Å². The average molecular weight is 360 g/mol. The molecule has 1 aliphatic rings. The van der Waals surface area contributed by atoms with Gasteiger partial charge in [0, 0.05) is 53.9 Å². The van der Waals surface area contributed by atoms with Gasteiger partial charge in [-0.2, -0.15) is 4.98 Å². The zero-order chi connectivity index (χ0) is 18.2. The highest BCUT2D eigenvalue weighted by atomic mass is 19.1. The molecule has 27 heavy (non-hydrogen) atoms. The van der Waals surface area contributed by atoms with Crippen LogP contribution in [0.25, 0.3) is 10.9 Å². The Morgan fingerprint density at radius 2 is 1.89 bits per heavy atom. The van der Waals surface area contributed by atoms with Crippen molar-refractivity contribution < 1.29 is 9.13 Å². The van der Waals surface area contributed by atoms with Gasteiger partial charge in [0.05, 0.1) is 0 Å². The quantitative estimate of drug-likeness (QED) is 0.586. The van der Waals surface area contributed by atoms with Gasteiger partial charge in [-0.25, -0.2) is 9.37 Å². The van der Waals surface area contributed by atoms with E-state index in [0.717, 1.165) is 19.5 Å². The molecule has 5 rings (SSSR count). The lowest BCUT2D eigenvalue weighted by atomic mass is 10.0. The lowest BCUT2D eigenvalue weighted by molar-refractivity contribution is 0.459. The fourth-order valence-corrected chi connectivity index (χ4v) is 3.50. The van der Waals surface area contributed by atoms with Gasteiger partial charge in [0.2, 0.25) is 11.8 Å². The molecular weight excluding hydrogens is 343 g/mol. The van der Waals surface area contributed by atoms with Crippen LogP contribution in [-0.2, 0) is 13.0 Å². The molecule has 0 amide bonds. The van der Waals surface area contributed by atoms with Gasteiger partial charge in [-0.1, -0.05) is 18.2 Å². The third kappa shape index (κ3) is 2.99. The number of benzene rings is 2. The molecule has 1 N–H and O–H groups in total. The molecule has 1 aliphatic heterocycles.